The van der Waals surface area contributed by atoms with Gasteiger partial charge < -0.3 is 20.1 Å². The number of thiazole rings is 1. The Bertz CT molecular complexity index is 954. The number of urea groups is 1. The van der Waals surface area contributed by atoms with E-state index in [0.717, 1.165) is 21.8 Å². The van der Waals surface area contributed by atoms with Gasteiger partial charge in [-0.15, -0.1) is 0 Å². The van der Waals surface area contributed by atoms with Crippen LogP contribution in [0.25, 0.3) is 10.4 Å². The molecule has 7 heteroatoms. The Morgan fingerprint density at radius 1 is 1.07 bits per heavy atom. The normalized spacial score (nSPS) is 11.8. The molecule has 1 atom stereocenters. The van der Waals surface area contributed by atoms with E-state index in [1.807, 2.05) is 63.2 Å². The molecular weight excluding hydrogens is 386 g/mol. The molecule has 0 saturated heterocycles. The predicted octanol–water partition coefficient (Wildman–Crippen LogP) is 5.38. The number of rotatable bonds is 7. The van der Waals surface area contributed by atoms with Crippen molar-refractivity contribution in [2.24, 2.45) is 0 Å². The molecule has 2 aromatic carbocycles. The van der Waals surface area contributed by atoms with E-state index in [0.29, 0.717) is 10.9 Å². The summed E-state index contributed by atoms with van der Waals surface area (Å²) in [7, 11) is 1.60. The summed E-state index contributed by atoms with van der Waals surface area (Å²) >= 11 is 1.47. The van der Waals surface area contributed by atoms with Crippen molar-refractivity contribution in [3.8, 4) is 27.1 Å². The van der Waals surface area contributed by atoms with E-state index in [-0.39, 0.29) is 18.2 Å². The second-order valence-electron chi connectivity index (χ2n) is 6.80. The van der Waals surface area contributed by atoms with Crippen LogP contribution in [0.1, 0.15) is 32.4 Å². The Labute approximate surface area is 174 Å². The molecule has 0 saturated carbocycles. The summed E-state index contributed by atoms with van der Waals surface area (Å²) in [5.74, 6) is 1.52. The number of benzene rings is 2. The Balaban J connectivity index is 1.69. The molecule has 0 spiro atoms. The first-order valence-electron chi connectivity index (χ1n) is 9.43. The number of ether oxygens (including phenoxy) is 2. The predicted molar refractivity (Wildman–Crippen MR) is 116 cm³/mol. The van der Waals surface area contributed by atoms with Gasteiger partial charge in [-0.1, -0.05) is 29.5 Å². The van der Waals surface area contributed by atoms with Gasteiger partial charge in [-0.2, -0.15) is 0 Å². The van der Waals surface area contributed by atoms with Gasteiger partial charge in [0.25, 0.3) is 5.19 Å². The fourth-order valence-corrected chi connectivity index (χ4v) is 3.49. The zero-order valence-electron chi connectivity index (χ0n) is 16.9. The minimum atomic E-state index is -0.207. The molecule has 0 aliphatic heterocycles. The first kappa shape index (κ1) is 20.7. The number of carbonyl (C=O) groups is 1. The molecule has 29 heavy (non-hydrogen) atoms. The molecule has 0 aliphatic rings. The SMILES string of the molecule is CNC(=O)NC(C)c1cccc(-c2cnc(Oc3ccc(OC(C)C)cc3)s2)c1. The van der Waals surface area contributed by atoms with Gasteiger partial charge in [-0.3, -0.25) is 0 Å². The zero-order valence-corrected chi connectivity index (χ0v) is 17.7. The maximum Gasteiger partial charge on any atom is 0.315 e. The number of aromatic nitrogens is 1. The monoisotopic (exact) mass is 411 g/mol. The summed E-state index contributed by atoms with van der Waals surface area (Å²) in [6.07, 6.45) is 1.93. The highest BCUT2D eigenvalue weighted by molar-refractivity contribution is 7.16. The Morgan fingerprint density at radius 3 is 2.48 bits per heavy atom. The van der Waals surface area contributed by atoms with E-state index in [2.05, 4.69) is 21.7 Å². The second-order valence-corrected chi connectivity index (χ2v) is 7.79. The van der Waals surface area contributed by atoms with Crippen molar-refractivity contribution in [2.75, 3.05) is 7.05 Å². The molecule has 1 heterocycles. The number of amides is 2. The van der Waals surface area contributed by atoms with Gasteiger partial charge >= 0.3 is 6.03 Å². The number of nitrogens with one attached hydrogen (secondary N) is 2. The summed E-state index contributed by atoms with van der Waals surface area (Å²) in [5.41, 5.74) is 2.05. The fourth-order valence-electron chi connectivity index (χ4n) is 2.71. The molecule has 6 nitrogen and oxygen atoms in total. The summed E-state index contributed by atoms with van der Waals surface area (Å²) in [5, 5.41) is 6.02. The third-order valence-corrected chi connectivity index (χ3v) is 5.06. The first-order valence-corrected chi connectivity index (χ1v) is 10.2. The van der Waals surface area contributed by atoms with Crippen molar-refractivity contribution in [2.45, 2.75) is 32.9 Å². The van der Waals surface area contributed by atoms with Gasteiger partial charge in [0.1, 0.15) is 11.5 Å². The smallest absolute Gasteiger partial charge is 0.315 e. The van der Waals surface area contributed by atoms with E-state index in [4.69, 9.17) is 9.47 Å². The molecular formula is C22H25N3O3S. The lowest BCUT2D eigenvalue weighted by molar-refractivity contribution is 0.240. The Hall–Kier alpha value is -3.06. The van der Waals surface area contributed by atoms with Crippen molar-refractivity contribution >= 4 is 17.4 Å². The van der Waals surface area contributed by atoms with Crippen LogP contribution < -0.4 is 20.1 Å². The van der Waals surface area contributed by atoms with Crippen molar-refractivity contribution in [3.63, 3.8) is 0 Å². The second kappa shape index (κ2) is 9.43. The maximum atomic E-state index is 11.5. The van der Waals surface area contributed by atoms with Gasteiger partial charge in [0, 0.05) is 13.2 Å². The minimum Gasteiger partial charge on any atom is -0.491 e. The van der Waals surface area contributed by atoms with Crippen LogP contribution in [-0.2, 0) is 0 Å². The summed E-state index contributed by atoms with van der Waals surface area (Å²) in [6.45, 7) is 5.93. The average molecular weight is 412 g/mol. The number of nitrogens with zero attached hydrogens (tertiary/aromatic N) is 1. The van der Waals surface area contributed by atoms with Crippen LogP contribution in [-0.4, -0.2) is 24.2 Å². The lowest BCUT2D eigenvalue weighted by atomic mass is 10.0. The van der Waals surface area contributed by atoms with Gasteiger partial charge in [-0.05, 0) is 62.2 Å². The molecule has 3 aromatic rings. The lowest BCUT2D eigenvalue weighted by Gasteiger charge is -2.14. The molecule has 2 amide bonds. The van der Waals surface area contributed by atoms with Crippen LogP contribution >= 0.6 is 11.3 Å². The molecule has 3 rings (SSSR count). The lowest BCUT2D eigenvalue weighted by Crippen LogP contribution is -2.34. The van der Waals surface area contributed by atoms with Crippen LogP contribution in [0.3, 0.4) is 0 Å². The van der Waals surface area contributed by atoms with Crippen LogP contribution in [0.4, 0.5) is 4.79 Å². The molecule has 1 unspecified atom stereocenters. The third kappa shape index (κ3) is 5.71. The fraction of sp³-hybridized carbons (Fsp3) is 0.273. The summed E-state index contributed by atoms with van der Waals surface area (Å²) in [6, 6.07) is 15.2. The Morgan fingerprint density at radius 2 is 1.79 bits per heavy atom. The third-order valence-electron chi connectivity index (χ3n) is 4.13. The average Bonchev–Trinajstić information content (AvgIpc) is 3.17. The van der Waals surface area contributed by atoms with Crippen LogP contribution in [0, 0.1) is 0 Å². The minimum absolute atomic E-state index is 0.106. The van der Waals surface area contributed by atoms with Crippen LogP contribution in [0.2, 0.25) is 0 Å². The standard InChI is InChI=1S/C22H25N3O3S/c1-14(2)27-18-8-10-19(11-9-18)28-22-24-13-20(29-22)17-7-5-6-16(12-17)15(3)25-21(26)23-4/h5-15H,1-4H3,(H2,23,25,26). The Kier molecular flexibility index (Phi) is 6.72. The van der Waals surface area contributed by atoms with E-state index >= 15 is 0 Å². The highest BCUT2D eigenvalue weighted by atomic mass is 32.1. The van der Waals surface area contributed by atoms with E-state index < -0.39 is 0 Å². The van der Waals surface area contributed by atoms with Gasteiger partial charge in [-0.25, -0.2) is 9.78 Å². The molecule has 0 radical (unpaired) electrons. The van der Waals surface area contributed by atoms with Gasteiger partial charge in [0.05, 0.1) is 17.0 Å². The van der Waals surface area contributed by atoms with Crippen molar-refractivity contribution < 1.29 is 14.3 Å². The molecule has 1 aromatic heterocycles. The molecule has 0 aliphatic carbocycles. The molecule has 0 fully saturated rings. The van der Waals surface area contributed by atoms with E-state index in [9.17, 15) is 4.79 Å². The molecule has 152 valence electrons. The van der Waals surface area contributed by atoms with Crippen molar-refractivity contribution in [1.82, 2.24) is 15.6 Å². The van der Waals surface area contributed by atoms with Crippen molar-refractivity contribution in [1.29, 1.82) is 0 Å². The first-order chi connectivity index (χ1) is 13.9. The number of carbonyl (C=O) groups excluding carboxylic acids is 1. The molecule has 0 bridgehead atoms. The topological polar surface area (TPSA) is 72.5 Å². The molecule has 2 N–H and O–H groups in total. The summed E-state index contributed by atoms with van der Waals surface area (Å²) < 4.78 is 11.5. The number of hydrogen-bond donors (Lipinski definition) is 2. The van der Waals surface area contributed by atoms with E-state index in [1.165, 1.54) is 11.3 Å². The summed E-state index contributed by atoms with van der Waals surface area (Å²) in [4.78, 5) is 16.9. The number of hydrogen-bond acceptors (Lipinski definition) is 5. The van der Waals surface area contributed by atoms with E-state index in [1.54, 1.807) is 13.2 Å². The van der Waals surface area contributed by atoms with Gasteiger partial charge in [0.15, 0.2) is 0 Å². The van der Waals surface area contributed by atoms with Crippen LogP contribution in [0.5, 0.6) is 16.7 Å². The zero-order chi connectivity index (χ0) is 20.8. The highest BCUT2D eigenvalue weighted by Gasteiger charge is 2.11. The van der Waals surface area contributed by atoms with Crippen molar-refractivity contribution in [3.05, 3.63) is 60.3 Å². The maximum absolute atomic E-state index is 11.5. The van der Waals surface area contributed by atoms with Gasteiger partial charge in [0.2, 0.25) is 0 Å². The van der Waals surface area contributed by atoms with Crippen LogP contribution in [0.15, 0.2) is 54.7 Å². The highest BCUT2D eigenvalue weighted by Crippen LogP contribution is 2.34. The quantitative estimate of drug-likeness (QED) is 0.547. The largest absolute Gasteiger partial charge is 0.491 e.